The van der Waals surface area contributed by atoms with Crippen LogP contribution in [0.4, 0.5) is 10.1 Å². The molecular weight excluding hydrogens is 409 g/mol. The van der Waals surface area contributed by atoms with Crippen molar-refractivity contribution in [1.29, 1.82) is 0 Å². The molecule has 3 aromatic rings. The van der Waals surface area contributed by atoms with Gasteiger partial charge in [-0.05, 0) is 42.8 Å². The first-order valence-corrected chi connectivity index (χ1v) is 9.98. The van der Waals surface area contributed by atoms with Crippen LogP contribution >= 0.6 is 24.0 Å². The Balaban J connectivity index is 1.78. The number of nitrogens with zero attached hydrogens (tertiary/aromatic N) is 3. The highest BCUT2D eigenvalue weighted by Crippen LogP contribution is 2.36. The van der Waals surface area contributed by atoms with E-state index in [1.807, 2.05) is 30.3 Å². The number of amides is 1. The summed E-state index contributed by atoms with van der Waals surface area (Å²) in [7, 11) is 1.76. The van der Waals surface area contributed by atoms with Crippen molar-refractivity contribution in [3.63, 3.8) is 0 Å². The highest BCUT2D eigenvalue weighted by Gasteiger charge is 2.37. The predicted molar refractivity (Wildman–Crippen MR) is 118 cm³/mol. The van der Waals surface area contributed by atoms with Crippen LogP contribution in [0.1, 0.15) is 11.3 Å². The summed E-state index contributed by atoms with van der Waals surface area (Å²) in [5.74, 6) is -0.716. The topological polar surface area (TPSA) is 47.2 Å². The molecule has 4 rings (SSSR count). The van der Waals surface area contributed by atoms with Crippen molar-refractivity contribution >= 4 is 46.0 Å². The average Bonchev–Trinajstić information content (AvgIpc) is 3.10. The summed E-state index contributed by atoms with van der Waals surface area (Å²) in [6.45, 7) is 1.78. The Hall–Kier alpha value is -2.97. The summed E-state index contributed by atoms with van der Waals surface area (Å²) in [6.07, 6.45) is 1.65. The largest absolute Gasteiger partial charge is 0.296 e. The quantitative estimate of drug-likeness (QED) is 0.470. The van der Waals surface area contributed by atoms with Gasteiger partial charge in [0.25, 0.3) is 11.5 Å². The van der Waals surface area contributed by atoms with Crippen molar-refractivity contribution in [2.24, 2.45) is 7.05 Å². The minimum absolute atomic E-state index is 0.237. The van der Waals surface area contributed by atoms with Crippen LogP contribution in [0.25, 0.3) is 11.8 Å². The van der Waals surface area contributed by atoms with Gasteiger partial charge in [-0.1, -0.05) is 54.3 Å². The number of hydrogen-bond donors (Lipinski definition) is 0. The fourth-order valence-electron chi connectivity index (χ4n) is 3.18. The lowest BCUT2D eigenvalue weighted by atomic mass is 10.2. The van der Waals surface area contributed by atoms with Gasteiger partial charge in [0.15, 0.2) is 4.32 Å². The maximum atomic E-state index is 13.2. The third-order valence-electron chi connectivity index (χ3n) is 4.71. The van der Waals surface area contributed by atoms with Gasteiger partial charge in [-0.2, -0.15) is 0 Å². The van der Waals surface area contributed by atoms with Gasteiger partial charge in [-0.3, -0.25) is 19.2 Å². The molecule has 1 aromatic heterocycles. The van der Waals surface area contributed by atoms with Gasteiger partial charge in [-0.15, -0.1) is 0 Å². The zero-order valence-corrected chi connectivity index (χ0v) is 17.3. The number of hydrogen-bond acceptors (Lipinski definition) is 4. The average molecular weight is 426 g/mol. The molecule has 1 aliphatic rings. The van der Waals surface area contributed by atoms with Crippen LogP contribution in [-0.4, -0.2) is 19.6 Å². The molecule has 1 aliphatic heterocycles. The molecule has 29 heavy (non-hydrogen) atoms. The third-order valence-corrected chi connectivity index (χ3v) is 6.01. The van der Waals surface area contributed by atoms with Crippen LogP contribution in [0.3, 0.4) is 0 Å². The first-order valence-electron chi connectivity index (χ1n) is 8.76. The summed E-state index contributed by atoms with van der Waals surface area (Å²) in [4.78, 5) is 27.9. The van der Waals surface area contributed by atoms with E-state index >= 15 is 0 Å². The van der Waals surface area contributed by atoms with Crippen LogP contribution in [0.5, 0.6) is 0 Å². The van der Waals surface area contributed by atoms with E-state index in [0.717, 1.165) is 11.8 Å². The normalized spacial score (nSPS) is 15.6. The Kier molecular flexibility index (Phi) is 4.97. The van der Waals surface area contributed by atoms with Crippen molar-refractivity contribution in [3.05, 3.63) is 86.9 Å². The monoisotopic (exact) mass is 425 g/mol. The number of para-hydroxylation sites is 1. The van der Waals surface area contributed by atoms with E-state index in [0.29, 0.717) is 21.8 Å². The fraction of sp³-hybridized carbons (Fsp3) is 0.0952. The lowest BCUT2D eigenvalue weighted by Crippen LogP contribution is -2.33. The first-order chi connectivity index (χ1) is 13.9. The van der Waals surface area contributed by atoms with Crippen molar-refractivity contribution < 1.29 is 9.18 Å². The Morgan fingerprint density at radius 2 is 1.69 bits per heavy atom. The number of thioether (sulfide) groups is 1. The molecular formula is C21H16FN3O2S2. The Bertz CT molecular complexity index is 1210. The van der Waals surface area contributed by atoms with Crippen LogP contribution in [0.15, 0.2) is 64.3 Å². The predicted octanol–water partition coefficient (Wildman–Crippen LogP) is 4.03. The van der Waals surface area contributed by atoms with Crippen LogP contribution in [-0.2, 0) is 11.8 Å². The standard InChI is InChI=1S/C21H16FN3O2S2/c1-13-18(20(27)25(23(13)2)16-6-4-3-5-7-16)24-19(26)17(29-21(24)28)12-14-8-10-15(22)11-9-14/h3-12H,1-2H3/b17-12+. The molecule has 0 N–H and O–H groups in total. The summed E-state index contributed by atoms with van der Waals surface area (Å²) < 4.78 is 16.6. The zero-order chi connectivity index (χ0) is 20.7. The zero-order valence-electron chi connectivity index (χ0n) is 15.6. The second-order valence-corrected chi connectivity index (χ2v) is 8.15. The SMILES string of the molecule is Cc1c(N2C(=O)/C(=C\c3ccc(F)cc3)SC2=S)c(=O)n(-c2ccccc2)n1C. The Morgan fingerprint density at radius 3 is 2.34 bits per heavy atom. The van der Waals surface area contributed by atoms with E-state index < -0.39 is 0 Å². The maximum Gasteiger partial charge on any atom is 0.296 e. The van der Waals surface area contributed by atoms with E-state index in [1.54, 1.807) is 36.9 Å². The number of carbonyl (C=O) groups is 1. The van der Waals surface area contributed by atoms with Crippen LogP contribution in [0.2, 0.25) is 0 Å². The molecule has 1 saturated heterocycles. The van der Waals surface area contributed by atoms with Gasteiger partial charge in [0.05, 0.1) is 16.3 Å². The first kappa shape index (κ1) is 19.4. The van der Waals surface area contributed by atoms with Gasteiger partial charge in [0.2, 0.25) is 0 Å². The summed E-state index contributed by atoms with van der Waals surface area (Å²) in [6, 6.07) is 15.0. The van der Waals surface area contributed by atoms with Crippen molar-refractivity contribution in [1.82, 2.24) is 9.36 Å². The number of aromatic nitrogens is 2. The molecule has 0 atom stereocenters. The minimum Gasteiger partial charge on any atom is -0.283 e. The highest BCUT2D eigenvalue weighted by molar-refractivity contribution is 8.27. The minimum atomic E-state index is -0.365. The number of rotatable bonds is 3. The molecule has 0 unspecified atom stereocenters. The maximum absolute atomic E-state index is 13.2. The van der Waals surface area contributed by atoms with Gasteiger partial charge >= 0.3 is 0 Å². The second kappa shape index (κ2) is 7.46. The molecule has 146 valence electrons. The Morgan fingerprint density at radius 1 is 1.03 bits per heavy atom. The molecule has 5 nitrogen and oxygen atoms in total. The van der Waals surface area contributed by atoms with E-state index in [1.165, 1.54) is 21.7 Å². The lowest BCUT2D eigenvalue weighted by Gasteiger charge is -2.12. The van der Waals surface area contributed by atoms with Gasteiger partial charge in [-0.25, -0.2) is 9.07 Å². The van der Waals surface area contributed by atoms with E-state index in [2.05, 4.69) is 0 Å². The summed E-state index contributed by atoms with van der Waals surface area (Å²) >= 11 is 6.53. The number of thiocarbonyl (C=S) groups is 1. The Labute approximate surface area is 176 Å². The number of benzene rings is 2. The van der Waals surface area contributed by atoms with Crippen LogP contribution in [0, 0.1) is 12.7 Å². The molecule has 0 bridgehead atoms. The van der Waals surface area contributed by atoms with E-state index in [4.69, 9.17) is 12.2 Å². The molecule has 1 fully saturated rings. The van der Waals surface area contributed by atoms with Crippen LogP contribution < -0.4 is 10.5 Å². The number of anilines is 1. The summed E-state index contributed by atoms with van der Waals surface area (Å²) in [5, 5.41) is 0. The van der Waals surface area contributed by atoms with Crippen molar-refractivity contribution in [3.8, 4) is 5.69 Å². The molecule has 0 aliphatic carbocycles. The van der Waals surface area contributed by atoms with E-state index in [9.17, 15) is 14.0 Å². The smallest absolute Gasteiger partial charge is 0.283 e. The summed E-state index contributed by atoms with van der Waals surface area (Å²) in [5.41, 5.74) is 1.91. The fourth-order valence-corrected chi connectivity index (χ4v) is 4.45. The molecule has 0 spiro atoms. The second-order valence-electron chi connectivity index (χ2n) is 6.48. The van der Waals surface area contributed by atoms with E-state index in [-0.39, 0.29) is 27.3 Å². The number of halogens is 1. The molecule has 1 amide bonds. The lowest BCUT2D eigenvalue weighted by molar-refractivity contribution is -0.113. The molecule has 0 saturated carbocycles. The molecule has 8 heteroatoms. The third kappa shape index (κ3) is 3.34. The molecule has 2 heterocycles. The van der Waals surface area contributed by atoms with Crippen molar-refractivity contribution in [2.75, 3.05) is 4.90 Å². The number of carbonyl (C=O) groups excluding carboxylic acids is 1. The molecule has 0 radical (unpaired) electrons. The molecule has 2 aromatic carbocycles. The van der Waals surface area contributed by atoms with Crippen molar-refractivity contribution in [2.45, 2.75) is 6.92 Å². The van der Waals surface area contributed by atoms with Gasteiger partial charge in [0, 0.05) is 7.05 Å². The van der Waals surface area contributed by atoms with Gasteiger partial charge < -0.3 is 0 Å². The van der Waals surface area contributed by atoms with Gasteiger partial charge in [0.1, 0.15) is 11.5 Å². The highest BCUT2D eigenvalue weighted by atomic mass is 32.2.